The van der Waals surface area contributed by atoms with Gasteiger partial charge in [-0.05, 0) is 55.3 Å². The molecule has 0 atom stereocenters. The molecule has 4 N–H and O–H groups in total. The van der Waals surface area contributed by atoms with E-state index in [9.17, 15) is 9.90 Å². The first kappa shape index (κ1) is 13.9. The van der Waals surface area contributed by atoms with Crippen LogP contribution < -0.4 is 5.32 Å². The molecule has 3 aromatic rings. The van der Waals surface area contributed by atoms with Crippen molar-refractivity contribution in [3.05, 3.63) is 47.0 Å². The van der Waals surface area contributed by atoms with Crippen LogP contribution in [0.25, 0.3) is 11.0 Å². The maximum absolute atomic E-state index is 11.0. The predicted octanol–water partition coefficient (Wildman–Crippen LogP) is 3.33. The van der Waals surface area contributed by atoms with Gasteiger partial charge in [-0.1, -0.05) is 0 Å². The van der Waals surface area contributed by atoms with Gasteiger partial charge in [0.25, 0.3) is 0 Å². The van der Waals surface area contributed by atoms with Crippen molar-refractivity contribution in [2.24, 2.45) is 0 Å². The first-order chi connectivity index (χ1) is 10.4. The molecule has 3 rings (SSSR count). The zero-order chi connectivity index (χ0) is 15.9. The average molecular weight is 297 g/mol. The Morgan fingerprint density at radius 3 is 2.64 bits per heavy atom. The fraction of sp³-hybridized carbons (Fsp3) is 0.125. The Morgan fingerprint density at radius 2 is 1.91 bits per heavy atom. The number of carbonyl (C=O) groups is 1. The molecule has 22 heavy (non-hydrogen) atoms. The molecule has 0 aliphatic carbocycles. The predicted molar refractivity (Wildman–Crippen MR) is 83.9 cm³/mol. The molecule has 0 spiro atoms. The van der Waals surface area contributed by atoms with Gasteiger partial charge in [-0.2, -0.15) is 0 Å². The number of aromatic carboxylic acids is 1. The summed E-state index contributed by atoms with van der Waals surface area (Å²) in [7, 11) is 0. The van der Waals surface area contributed by atoms with Crippen LogP contribution in [-0.2, 0) is 0 Å². The number of carboxylic acid groups (broad SMARTS) is 1. The molecule has 1 aromatic heterocycles. The Bertz CT molecular complexity index is 845. The number of rotatable bonds is 3. The van der Waals surface area contributed by atoms with Crippen LogP contribution in [-0.4, -0.2) is 26.2 Å². The van der Waals surface area contributed by atoms with Gasteiger partial charge in [-0.25, -0.2) is 9.78 Å². The van der Waals surface area contributed by atoms with Crippen molar-refractivity contribution < 1.29 is 15.0 Å². The number of hydrogen-bond donors (Lipinski definition) is 4. The van der Waals surface area contributed by atoms with Gasteiger partial charge in [0.15, 0.2) is 0 Å². The summed E-state index contributed by atoms with van der Waals surface area (Å²) >= 11 is 0. The number of aromatic amines is 1. The number of hydrogen-bond acceptors (Lipinski definition) is 4. The molecule has 0 unspecified atom stereocenters. The number of benzene rings is 2. The largest absolute Gasteiger partial charge is 0.507 e. The van der Waals surface area contributed by atoms with Crippen molar-refractivity contribution in [1.29, 1.82) is 0 Å². The third-order valence-corrected chi connectivity index (χ3v) is 3.59. The lowest BCUT2D eigenvalue weighted by Gasteiger charge is -2.05. The summed E-state index contributed by atoms with van der Waals surface area (Å²) in [6.07, 6.45) is 0. The number of anilines is 2. The smallest absolute Gasteiger partial charge is 0.339 e. The Morgan fingerprint density at radius 1 is 1.18 bits per heavy atom. The van der Waals surface area contributed by atoms with Gasteiger partial charge in [0.2, 0.25) is 5.95 Å². The molecule has 112 valence electrons. The maximum Gasteiger partial charge on any atom is 0.339 e. The van der Waals surface area contributed by atoms with Gasteiger partial charge in [0, 0.05) is 5.69 Å². The van der Waals surface area contributed by atoms with E-state index in [1.54, 1.807) is 6.07 Å². The average Bonchev–Trinajstić information content (AvgIpc) is 2.82. The summed E-state index contributed by atoms with van der Waals surface area (Å²) in [6.45, 7) is 4.05. The van der Waals surface area contributed by atoms with Gasteiger partial charge in [-0.3, -0.25) is 0 Å². The summed E-state index contributed by atoms with van der Waals surface area (Å²) in [5, 5.41) is 21.5. The van der Waals surface area contributed by atoms with Crippen molar-refractivity contribution in [1.82, 2.24) is 9.97 Å². The van der Waals surface area contributed by atoms with Gasteiger partial charge >= 0.3 is 5.97 Å². The molecule has 0 aliphatic rings. The van der Waals surface area contributed by atoms with E-state index >= 15 is 0 Å². The number of aromatic nitrogens is 2. The van der Waals surface area contributed by atoms with Crippen molar-refractivity contribution >= 4 is 28.6 Å². The molecule has 0 saturated carbocycles. The van der Waals surface area contributed by atoms with Crippen LogP contribution in [0.2, 0.25) is 0 Å². The molecule has 6 nitrogen and oxygen atoms in total. The minimum absolute atomic E-state index is 0.159. The second kappa shape index (κ2) is 5.07. The fourth-order valence-corrected chi connectivity index (χ4v) is 2.25. The number of aryl methyl sites for hydroxylation is 2. The Kier molecular flexibility index (Phi) is 3.21. The van der Waals surface area contributed by atoms with Crippen LogP contribution >= 0.6 is 0 Å². The highest BCUT2D eigenvalue weighted by atomic mass is 16.4. The Balaban J connectivity index is 1.96. The SMILES string of the molecule is Cc1cc2nc(Nc3ccc(O)c(C(=O)O)c3)[nH]c2cc1C. The van der Waals surface area contributed by atoms with Gasteiger partial charge in [-0.15, -0.1) is 0 Å². The number of nitrogens with zero attached hydrogens (tertiary/aromatic N) is 1. The number of imidazole rings is 1. The first-order valence-corrected chi connectivity index (χ1v) is 6.74. The van der Waals surface area contributed by atoms with Crippen LogP contribution in [0.4, 0.5) is 11.6 Å². The first-order valence-electron chi connectivity index (χ1n) is 6.74. The molecule has 0 amide bonds. The zero-order valence-corrected chi connectivity index (χ0v) is 12.1. The molecular weight excluding hydrogens is 282 g/mol. The van der Waals surface area contributed by atoms with E-state index in [0.717, 1.165) is 16.6 Å². The number of fused-ring (bicyclic) bond motifs is 1. The van der Waals surface area contributed by atoms with E-state index in [1.807, 2.05) is 26.0 Å². The molecule has 0 fully saturated rings. The Labute approximate surface area is 126 Å². The van der Waals surface area contributed by atoms with Gasteiger partial charge < -0.3 is 20.5 Å². The van der Waals surface area contributed by atoms with E-state index in [0.29, 0.717) is 11.6 Å². The van der Waals surface area contributed by atoms with E-state index in [1.165, 1.54) is 17.7 Å². The molecular formula is C16H15N3O3. The normalized spacial score (nSPS) is 10.8. The van der Waals surface area contributed by atoms with Gasteiger partial charge in [0.05, 0.1) is 11.0 Å². The van der Waals surface area contributed by atoms with Crippen LogP contribution in [0.15, 0.2) is 30.3 Å². The second-order valence-electron chi connectivity index (χ2n) is 5.20. The number of carboxylic acids is 1. The minimum Gasteiger partial charge on any atom is -0.507 e. The molecule has 0 saturated heterocycles. The monoisotopic (exact) mass is 297 g/mol. The topological polar surface area (TPSA) is 98.2 Å². The number of aromatic hydroxyl groups is 1. The fourth-order valence-electron chi connectivity index (χ4n) is 2.25. The van der Waals surface area contributed by atoms with E-state index in [-0.39, 0.29) is 11.3 Å². The Hall–Kier alpha value is -3.02. The van der Waals surface area contributed by atoms with Crippen LogP contribution in [0, 0.1) is 13.8 Å². The minimum atomic E-state index is -1.18. The van der Waals surface area contributed by atoms with Crippen LogP contribution in [0.3, 0.4) is 0 Å². The molecule has 2 aromatic carbocycles. The van der Waals surface area contributed by atoms with Crippen LogP contribution in [0.1, 0.15) is 21.5 Å². The highest BCUT2D eigenvalue weighted by molar-refractivity contribution is 5.92. The lowest BCUT2D eigenvalue weighted by molar-refractivity contribution is 0.0694. The number of H-pyrrole nitrogens is 1. The number of phenols is 1. The summed E-state index contributed by atoms with van der Waals surface area (Å²) in [6, 6.07) is 8.30. The molecule has 0 aliphatic heterocycles. The highest BCUT2D eigenvalue weighted by Gasteiger charge is 2.11. The quantitative estimate of drug-likeness (QED) is 0.556. The summed E-state index contributed by atoms with van der Waals surface area (Å²) < 4.78 is 0. The summed E-state index contributed by atoms with van der Waals surface area (Å²) in [4.78, 5) is 18.6. The molecule has 0 bridgehead atoms. The van der Waals surface area contributed by atoms with Crippen molar-refractivity contribution in [3.63, 3.8) is 0 Å². The van der Waals surface area contributed by atoms with Gasteiger partial charge in [0.1, 0.15) is 11.3 Å². The third kappa shape index (κ3) is 2.46. The molecule has 6 heteroatoms. The van der Waals surface area contributed by atoms with Crippen molar-refractivity contribution in [3.8, 4) is 5.75 Å². The zero-order valence-electron chi connectivity index (χ0n) is 12.1. The molecule has 0 radical (unpaired) electrons. The van der Waals surface area contributed by atoms with E-state index in [2.05, 4.69) is 15.3 Å². The standard InChI is InChI=1S/C16H15N3O3/c1-8-5-12-13(6-9(8)2)19-16(18-12)17-10-3-4-14(20)11(7-10)15(21)22/h3-7,20H,1-2H3,(H,21,22)(H2,17,18,19). The summed E-state index contributed by atoms with van der Waals surface area (Å²) in [5.74, 6) is -0.937. The second-order valence-corrected chi connectivity index (χ2v) is 5.20. The van der Waals surface area contributed by atoms with Crippen molar-refractivity contribution in [2.45, 2.75) is 13.8 Å². The third-order valence-electron chi connectivity index (χ3n) is 3.59. The number of nitrogens with one attached hydrogen (secondary N) is 2. The summed E-state index contributed by atoms with van der Waals surface area (Å²) in [5.41, 5.74) is 4.44. The van der Waals surface area contributed by atoms with E-state index < -0.39 is 5.97 Å². The molecule has 1 heterocycles. The lowest BCUT2D eigenvalue weighted by atomic mass is 10.1. The maximum atomic E-state index is 11.0. The highest BCUT2D eigenvalue weighted by Crippen LogP contribution is 2.25. The van der Waals surface area contributed by atoms with Crippen molar-refractivity contribution in [2.75, 3.05) is 5.32 Å². The van der Waals surface area contributed by atoms with Crippen LogP contribution in [0.5, 0.6) is 5.75 Å². The lowest BCUT2D eigenvalue weighted by Crippen LogP contribution is -1.99. The van der Waals surface area contributed by atoms with E-state index in [4.69, 9.17) is 5.11 Å².